The molecule has 0 bridgehead atoms. The smallest absolute Gasteiger partial charge is 0.0120 e. The highest BCUT2D eigenvalue weighted by Gasteiger charge is 2.22. The number of thioether (sulfide) groups is 1. The summed E-state index contributed by atoms with van der Waals surface area (Å²) in [4.78, 5) is 2.51. The van der Waals surface area contributed by atoms with Gasteiger partial charge in [0, 0.05) is 15.0 Å². The van der Waals surface area contributed by atoms with Crippen LogP contribution in [0.4, 0.5) is 0 Å². The van der Waals surface area contributed by atoms with Crippen LogP contribution < -0.4 is 0 Å². The van der Waals surface area contributed by atoms with Gasteiger partial charge in [0.1, 0.15) is 0 Å². The third-order valence-electron chi connectivity index (χ3n) is 3.47. The molecule has 0 aromatic heterocycles. The second-order valence-electron chi connectivity index (χ2n) is 4.87. The molecule has 0 N–H and O–H groups in total. The van der Waals surface area contributed by atoms with E-state index in [1.165, 1.54) is 36.1 Å². The van der Waals surface area contributed by atoms with Gasteiger partial charge in [-0.05, 0) is 49.4 Å². The number of hydrogen-bond acceptors (Lipinski definition) is 2. The topological polar surface area (TPSA) is 0 Å². The van der Waals surface area contributed by atoms with Gasteiger partial charge in [0.05, 0.1) is 0 Å². The minimum atomic E-state index is 0.818. The number of hydrogen-bond donors (Lipinski definition) is 1. The molecule has 0 spiro atoms. The Labute approximate surface area is 109 Å². The standard InChI is InChI=1S/C14H20S2/c1-10-5-3-4-6-13(10)16-14-8-7-12(15)9-11(14)2/h7-10,13,15H,3-6H2,1-2H3. The van der Waals surface area contributed by atoms with Crippen molar-refractivity contribution >= 4 is 24.4 Å². The average molecular weight is 252 g/mol. The Morgan fingerprint density at radius 3 is 2.69 bits per heavy atom. The van der Waals surface area contributed by atoms with Crippen LogP contribution in [0, 0.1) is 12.8 Å². The van der Waals surface area contributed by atoms with Crippen molar-refractivity contribution in [2.75, 3.05) is 0 Å². The van der Waals surface area contributed by atoms with Gasteiger partial charge >= 0.3 is 0 Å². The molecule has 1 aliphatic rings. The lowest BCUT2D eigenvalue weighted by molar-refractivity contribution is 0.397. The van der Waals surface area contributed by atoms with E-state index in [1.807, 2.05) is 0 Å². The Kier molecular flexibility index (Phi) is 4.26. The van der Waals surface area contributed by atoms with E-state index in [0.717, 1.165) is 16.1 Å². The van der Waals surface area contributed by atoms with Gasteiger partial charge in [0.15, 0.2) is 0 Å². The molecule has 2 rings (SSSR count). The summed E-state index contributed by atoms with van der Waals surface area (Å²) in [7, 11) is 0. The van der Waals surface area contributed by atoms with Gasteiger partial charge in [-0.15, -0.1) is 24.4 Å². The summed E-state index contributed by atoms with van der Waals surface area (Å²) in [6.45, 7) is 4.59. The molecule has 16 heavy (non-hydrogen) atoms. The fourth-order valence-corrected chi connectivity index (χ4v) is 4.02. The van der Waals surface area contributed by atoms with Gasteiger partial charge in [-0.1, -0.05) is 19.8 Å². The van der Waals surface area contributed by atoms with Crippen LogP contribution in [0.5, 0.6) is 0 Å². The van der Waals surface area contributed by atoms with Crippen molar-refractivity contribution in [2.45, 2.75) is 54.6 Å². The average Bonchev–Trinajstić information content (AvgIpc) is 2.25. The molecule has 0 aliphatic heterocycles. The Bertz CT molecular complexity index is 360. The van der Waals surface area contributed by atoms with Gasteiger partial charge in [-0.2, -0.15) is 0 Å². The zero-order chi connectivity index (χ0) is 11.5. The van der Waals surface area contributed by atoms with E-state index in [9.17, 15) is 0 Å². The first-order valence-electron chi connectivity index (χ1n) is 6.13. The fraction of sp³-hybridized carbons (Fsp3) is 0.571. The Morgan fingerprint density at radius 1 is 1.25 bits per heavy atom. The molecule has 2 unspecified atom stereocenters. The highest BCUT2D eigenvalue weighted by Crippen LogP contribution is 2.38. The Morgan fingerprint density at radius 2 is 2.00 bits per heavy atom. The van der Waals surface area contributed by atoms with E-state index < -0.39 is 0 Å². The first-order valence-corrected chi connectivity index (χ1v) is 7.46. The minimum Gasteiger partial charge on any atom is -0.143 e. The molecule has 0 amide bonds. The summed E-state index contributed by atoms with van der Waals surface area (Å²) >= 11 is 6.45. The summed E-state index contributed by atoms with van der Waals surface area (Å²) in [5.74, 6) is 0.869. The SMILES string of the molecule is Cc1cc(S)ccc1SC1CCCCC1C. The van der Waals surface area contributed by atoms with E-state index in [2.05, 4.69) is 56.4 Å². The Hall–Kier alpha value is -0.0800. The molecule has 0 radical (unpaired) electrons. The molecule has 1 aromatic rings. The quantitative estimate of drug-likeness (QED) is 0.726. The fourth-order valence-electron chi connectivity index (χ4n) is 2.39. The van der Waals surface area contributed by atoms with Gasteiger partial charge in [0.25, 0.3) is 0 Å². The molecule has 0 saturated heterocycles. The molecule has 1 saturated carbocycles. The van der Waals surface area contributed by atoms with Crippen molar-refractivity contribution in [3.63, 3.8) is 0 Å². The maximum absolute atomic E-state index is 4.38. The van der Waals surface area contributed by atoms with Crippen LogP contribution in [0.15, 0.2) is 28.0 Å². The molecule has 0 nitrogen and oxygen atoms in total. The zero-order valence-electron chi connectivity index (χ0n) is 10.1. The maximum atomic E-state index is 4.38. The maximum Gasteiger partial charge on any atom is 0.0120 e. The van der Waals surface area contributed by atoms with Crippen molar-refractivity contribution in [1.29, 1.82) is 0 Å². The van der Waals surface area contributed by atoms with Crippen LogP contribution in [0.3, 0.4) is 0 Å². The highest BCUT2D eigenvalue weighted by atomic mass is 32.2. The third-order valence-corrected chi connectivity index (χ3v) is 5.46. The van der Waals surface area contributed by atoms with Crippen molar-refractivity contribution < 1.29 is 0 Å². The highest BCUT2D eigenvalue weighted by molar-refractivity contribution is 8.00. The number of rotatable bonds is 2. The molecule has 1 fully saturated rings. The lowest BCUT2D eigenvalue weighted by atomic mass is 9.90. The molecule has 88 valence electrons. The van der Waals surface area contributed by atoms with E-state index in [-0.39, 0.29) is 0 Å². The normalized spacial score (nSPS) is 25.7. The third kappa shape index (κ3) is 2.98. The predicted octanol–water partition coefficient (Wildman–Crippen LogP) is 4.95. The lowest BCUT2D eigenvalue weighted by Gasteiger charge is -2.28. The predicted molar refractivity (Wildman–Crippen MR) is 75.7 cm³/mol. The summed E-state index contributed by atoms with van der Waals surface area (Å²) < 4.78 is 0. The summed E-state index contributed by atoms with van der Waals surface area (Å²) in [5.41, 5.74) is 1.37. The first-order chi connectivity index (χ1) is 7.66. The van der Waals surface area contributed by atoms with Crippen molar-refractivity contribution in [1.82, 2.24) is 0 Å². The van der Waals surface area contributed by atoms with Crippen LogP contribution in [-0.2, 0) is 0 Å². The Balaban J connectivity index is 2.07. The summed E-state index contributed by atoms with van der Waals surface area (Å²) in [6.07, 6.45) is 5.62. The monoisotopic (exact) mass is 252 g/mol. The van der Waals surface area contributed by atoms with Crippen LogP contribution >= 0.6 is 24.4 Å². The van der Waals surface area contributed by atoms with E-state index >= 15 is 0 Å². The molecule has 2 atom stereocenters. The van der Waals surface area contributed by atoms with Crippen molar-refractivity contribution in [3.8, 4) is 0 Å². The van der Waals surface area contributed by atoms with Gasteiger partial charge < -0.3 is 0 Å². The summed E-state index contributed by atoms with van der Waals surface area (Å²) in [5, 5.41) is 0.818. The molecule has 1 aromatic carbocycles. The largest absolute Gasteiger partial charge is 0.143 e. The van der Waals surface area contributed by atoms with Crippen LogP contribution in [-0.4, -0.2) is 5.25 Å². The van der Waals surface area contributed by atoms with Gasteiger partial charge in [0.2, 0.25) is 0 Å². The van der Waals surface area contributed by atoms with E-state index in [4.69, 9.17) is 0 Å². The molecule has 1 aliphatic carbocycles. The van der Waals surface area contributed by atoms with Gasteiger partial charge in [-0.3, -0.25) is 0 Å². The number of aryl methyl sites for hydroxylation is 1. The second-order valence-corrected chi connectivity index (χ2v) is 6.67. The van der Waals surface area contributed by atoms with E-state index in [0.29, 0.717) is 0 Å². The van der Waals surface area contributed by atoms with Crippen molar-refractivity contribution in [3.05, 3.63) is 23.8 Å². The summed E-state index contributed by atoms with van der Waals surface area (Å²) in [6, 6.07) is 6.49. The second kappa shape index (κ2) is 5.50. The zero-order valence-corrected chi connectivity index (χ0v) is 11.8. The lowest BCUT2D eigenvalue weighted by Crippen LogP contribution is -2.18. The number of benzene rings is 1. The molecular formula is C14H20S2. The van der Waals surface area contributed by atoms with Crippen molar-refractivity contribution in [2.24, 2.45) is 5.92 Å². The molecule has 0 heterocycles. The molecular weight excluding hydrogens is 232 g/mol. The number of thiol groups is 1. The van der Waals surface area contributed by atoms with Crippen LogP contribution in [0.25, 0.3) is 0 Å². The van der Waals surface area contributed by atoms with Crippen LogP contribution in [0.2, 0.25) is 0 Å². The van der Waals surface area contributed by atoms with Gasteiger partial charge in [-0.25, -0.2) is 0 Å². The molecule has 2 heteroatoms. The first kappa shape index (κ1) is 12.4. The van der Waals surface area contributed by atoms with E-state index in [1.54, 1.807) is 0 Å². The minimum absolute atomic E-state index is 0.818. The van der Waals surface area contributed by atoms with Crippen LogP contribution in [0.1, 0.15) is 38.2 Å².